The van der Waals surface area contributed by atoms with Crippen molar-refractivity contribution in [3.05, 3.63) is 28.0 Å². The Kier molecular flexibility index (Phi) is 4.62. The van der Waals surface area contributed by atoms with Crippen LogP contribution in [-0.4, -0.2) is 24.7 Å². The highest BCUT2D eigenvalue weighted by atomic mass is 16.5. The van der Waals surface area contributed by atoms with Gasteiger partial charge in [-0.1, -0.05) is 13.8 Å². The van der Waals surface area contributed by atoms with Gasteiger partial charge in [0, 0.05) is 5.56 Å². The maximum absolute atomic E-state index is 6.19. The summed E-state index contributed by atoms with van der Waals surface area (Å²) in [6, 6.07) is 0. The number of nitrogens with zero attached hydrogens (tertiary/aromatic N) is 1. The first kappa shape index (κ1) is 15.9. The standard InChI is InChI=1S/C18H27NO2/c1-8-19(9-2)10-20-17-12(4)11(3)13(5)18-16(17)14(6)15(7)21-18/h8-10H2,1-7H3. The molecule has 1 aromatic carbocycles. The van der Waals surface area contributed by atoms with Crippen molar-refractivity contribution in [3.63, 3.8) is 0 Å². The average Bonchev–Trinajstić information content (AvgIpc) is 2.77. The predicted octanol–water partition coefficient (Wildman–Crippen LogP) is 4.65. The number of hydrogen-bond donors (Lipinski definition) is 0. The third kappa shape index (κ3) is 2.67. The van der Waals surface area contributed by atoms with Crippen LogP contribution >= 0.6 is 0 Å². The topological polar surface area (TPSA) is 25.6 Å². The molecule has 21 heavy (non-hydrogen) atoms. The second kappa shape index (κ2) is 6.10. The Hall–Kier alpha value is -1.48. The van der Waals surface area contributed by atoms with Crippen molar-refractivity contribution in [2.75, 3.05) is 19.8 Å². The normalized spacial score (nSPS) is 11.6. The zero-order valence-electron chi connectivity index (χ0n) is 14.4. The average molecular weight is 289 g/mol. The fraction of sp³-hybridized carbons (Fsp3) is 0.556. The van der Waals surface area contributed by atoms with Gasteiger partial charge >= 0.3 is 0 Å². The molecule has 0 spiro atoms. The molecule has 0 saturated heterocycles. The predicted molar refractivity (Wildman–Crippen MR) is 88.3 cm³/mol. The summed E-state index contributed by atoms with van der Waals surface area (Å²) in [5, 5.41) is 1.14. The lowest BCUT2D eigenvalue weighted by atomic mass is 9.98. The molecule has 3 heteroatoms. The minimum Gasteiger partial charge on any atom is -0.477 e. The number of fused-ring (bicyclic) bond motifs is 1. The molecule has 1 aromatic heterocycles. The molecule has 0 fully saturated rings. The SMILES string of the molecule is CCN(CC)COc1c(C)c(C)c(C)c2oc(C)c(C)c12. The monoisotopic (exact) mass is 289 g/mol. The van der Waals surface area contributed by atoms with Crippen LogP contribution in [0.15, 0.2) is 4.42 Å². The fourth-order valence-electron chi connectivity index (χ4n) is 2.72. The van der Waals surface area contributed by atoms with E-state index in [1.165, 1.54) is 22.3 Å². The van der Waals surface area contributed by atoms with Crippen molar-refractivity contribution in [2.24, 2.45) is 0 Å². The molecule has 0 aliphatic heterocycles. The third-order valence-corrected chi connectivity index (χ3v) is 4.70. The summed E-state index contributed by atoms with van der Waals surface area (Å²) >= 11 is 0. The first-order valence-electron chi connectivity index (χ1n) is 7.76. The van der Waals surface area contributed by atoms with Crippen LogP contribution in [0, 0.1) is 34.6 Å². The molecule has 0 aliphatic rings. The highest BCUT2D eigenvalue weighted by Gasteiger charge is 2.20. The Bertz CT molecular complexity index is 651. The zero-order valence-corrected chi connectivity index (χ0v) is 14.4. The largest absolute Gasteiger partial charge is 0.477 e. The second-order valence-corrected chi connectivity index (χ2v) is 5.77. The Morgan fingerprint density at radius 1 is 0.857 bits per heavy atom. The van der Waals surface area contributed by atoms with Crippen molar-refractivity contribution in [3.8, 4) is 5.75 Å². The van der Waals surface area contributed by atoms with Crippen LogP contribution < -0.4 is 4.74 Å². The summed E-state index contributed by atoms with van der Waals surface area (Å²) in [6.07, 6.45) is 0. The van der Waals surface area contributed by atoms with Gasteiger partial charge in [0.05, 0.1) is 5.39 Å². The van der Waals surface area contributed by atoms with Gasteiger partial charge in [0.15, 0.2) is 0 Å². The Balaban J connectivity index is 2.56. The molecular formula is C18H27NO2. The van der Waals surface area contributed by atoms with Gasteiger partial charge in [0.25, 0.3) is 0 Å². The lowest BCUT2D eigenvalue weighted by molar-refractivity contribution is 0.138. The molecule has 0 saturated carbocycles. The number of benzene rings is 1. The van der Waals surface area contributed by atoms with Crippen LogP contribution in [0.25, 0.3) is 11.0 Å². The van der Waals surface area contributed by atoms with E-state index in [9.17, 15) is 0 Å². The summed E-state index contributed by atoms with van der Waals surface area (Å²) < 4.78 is 12.2. The molecular weight excluding hydrogens is 262 g/mol. The van der Waals surface area contributed by atoms with Crippen molar-refractivity contribution in [1.29, 1.82) is 0 Å². The van der Waals surface area contributed by atoms with E-state index in [0.29, 0.717) is 6.73 Å². The molecule has 1 heterocycles. The van der Waals surface area contributed by atoms with Crippen molar-refractivity contribution < 1.29 is 9.15 Å². The lowest BCUT2D eigenvalue weighted by Gasteiger charge is -2.21. The van der Waals surface area contributed by atoms with Crippen LogP contribution in [-0.2, 0) is 0 Å². The number of rotatable bonds is 5. The van der Waals surface area contributed by atoms with E-state index in [1.54, 1.807) is 0 Å². The van der Waals surface area contributed by atoms with Gasteiger partial charge in [-0.2, -0.15) is 0 Å². The molecule has 3 nitrogen and oxygen atoms in total. The van der Waals surface area contributed by atoms with Gasteiger partial charge in [-0.25, -0.2) is 0 Å². The molecule has 0 aliphatic carbocycles. The summed E-state index contributed by atoms with van der Waals surface area (Å²) in [5.41, 5.74) is 5.85. The Morgan fingerprint density at radius 3 is 2.05 bits per heavy atom. The lowest BCUT2D eigenvalue weighted by Crippen LogP contribution is -2.27. The number of furan rings is 1. The summed E-state index contributed by atoms with van der Waals surface area (Å²) in [7, 11) is 0. The van der Waals surface area contributed by atoms with Crippen molar-refractivity contribution in [2.45, 2.75) is 48.5 Å². The first-order valence-corrected chi connectivity index (χ1v) is 7.76. The van der Waals surface area contributed by atoms with Gasteiger partial charge in [0.1, 0.15) is 23.8 Å². The van der Waals surface area contributed by atoms with Crippen LogP contribution in [0.1, 0.15) is 41.9 Å². The van der Waals surface area contributed by atoms with E-state index in [4.69, 9.17) is 9.15 Å². The van der Waals surface area contributed by atoms with E-state index < -0.39 is 0 Å². The van der Waals surface area contributed by atoms with Gasteiger partial charge in [0.2, 0.25) is 0 Å². The summed E-state index contributed by atoms with van der Waals surface area (Å²) in [5.74, 6) is 1.96. The smallest absolute Gasteiger partial charge is 0.142 e. The van der Waals surface area contributed by atoms with Crippen molar-refractivity contribution >= 4 is 11.0 Å². The number of ether oxygens (including phenoxy) is 1. The van der Waals surface area contributed by atoms with E-state index in [1.807, 2.05) is 6.92 Å². The van der Waals surface area contributed by atoms with Crippen molar-refractivity contribution in [1.82, 2.24) is 4.90 Å². The minimum absolute atomic E-state index is 0.620. The molecule has 0 unspecified atom stereocenters. The molecule has 2 aromatic rings. The molecule has 0 atom stereocenters. The Labute approximate surface area is 127 Å². The quantitative estimate of drug-likeness (QED) is 0.749. The van der Waals surface area contributed by atoms with E-state index in [-0.39, 0.29) is 0 Å². The van der Waals surface area contributed by atoms with Gasteiger partial charge in [-0.15, -0.1) is 0 Å². The molecule has 0 radical (unpaired) electrons. The number of hydrogen-bond acceptors (Lipinski definition) is 3. The van der Waals surface area contributed by atoms with E-state index in [2.05, 4.69) is 46.4 Å². The van der Waals surface area contributed by atoms with Crippen LogP contribution in [0.2, 0.25) is 0 Å². The van der Waals surface area contributed by atoms with Crippen LogP contribution in [0.5, 0.6) is 5.75 Å². The minimum atomic E-state index is 0.620. The zero-order chi connectivity index (χ0) is 15.7. The van der Waals surface area contributed by atoms with E-state index >= 15 is 0 Å². The summed E-state index contributed by atoms with van der Waals surface area (Å²) in [6.45, 7) is 17.5. The maximum atomic E-state index is 6.19. The van der Waals surface area contributed by atoms with Gasteiger partial charge in [-0.3, -0.25) is 4.90 Å². The molecule has 116 valence electrons. The Morgan fingerprint density at radius 2 is 1.48 bits per heavy atom. The maximum Gasteiger partial charge on any atom is 0.142 e. The van der Waals surface area contributed by atoms with Gasteiger partial charge in [-0.05, 0) is 64.4 Å². The van der Waals surface area contributed by atoms with Gasteiger partial charge < -0.3 is 9.15 Å². The molecule has 0 amide bonds. The highest BCUT2D eigenvalue weighted by molar-refractivity contribution is 5.93. The van der Waals surface area contributed by atoms with Crippen LogP contribution in [0.4, 0.5) is 0 Å². The molecule has 2 rings (SSSR count). The number of aryl methyl sites for hydroxylation is 3. The molecule has 0 N–H and O–H groups in total. The highest BCUT2D eigenvalue weighted by Crippen LogP contribution is 2.39. The first-order chi connectivity index (χ1) is 9.92. The van der Waals surface area contributed by atoms with Crippen LogP contribution in [0.3, 0.4) is 0 Å². The van der Waals surface area contributed by atoms with E-state index in [0.717, 1.165) is 35.6 Å². The summed E-state index contributed by atoms with van der Waals surface area (Å²) in [4.78, 5) is 2.27. The molecule has 0 bridgehead atoms. The fourth-order valence-corrected chi connectivity index (χ4v) is 2.72. The second-order valence-electron chi connectivity index (χ2n) is 5.77. The third-order valence-electron chi connectivity index (χ3n) is 4.70.